The van der Waals surface area contributed by atoms with Crippen LogP contribution in [0.4, 0.5) is 16.2 Å². The number of aromatic nitrogens is 2. The van der Waals surface area contributed by atoms with Crippen LogP contribution in [-0.4, -0.2) is 28.5 Å². The van der Waals surface area contributed by atoms with E-state index in [0.717, 1.165) is 16.8 Å². The normalized spacial score (nSPS) is 10.5. The van der Waals surface area contributed by atoms with Gasteiger partial charge in [0.2, 0.25) is 5.91 Å². The second-order valence-corrected chi connectivity index (χ2v) is 7.03. The van der Waals surface area contributed by atoms with Crippen LogP contribution in [0.2, 0.25) is 0 Å². The number of nitrogens with zero attached hydrogens (tertiary/aromatic N) is 2. The van der Waals surface area contributed by atoms with Gasteiger partial charge in [-0.3, -0.25) is 4.79 Å². The van der Waals surface area contributed by atoms with Crippen LogP contribution >= 0.6 is 0 Å². The van der Waals surface area contributed by atoms with E-state index in [9.17, 15) is 9.59 Å². The van der Waals surface area contributed by atoms with Gasteiger partial charge in [-0.2, -0.15) is 0 Å². The van der Waals surface area contributed by atoms with Crippen molar-refractivity contribution in [1.82, 2.24) is 14.9 Å². The SMILES string of the molecule is CNC(=O)Nc1ccc(NC(=O)Cn2c(COc3ccccc3)nc3ccccc32)cc1. The first-order valence-corrected chi connectivity index (χ1v) is 10.1. The van der Waals surface area contributed by atoms with Gasteiger partial charge in [0.05, 0.1) is 11.0 Å². The topological polar surface area (TPSA) is 97.3 Å². The van der Waals surface area contributed by atoms with Gasteiger partial charge in [-0.25, -0.2) is 9.78 Å². The van der Waals surface area contributed by atoms with Gasteiger partial charge < -0.3 is 25.3 Å². The first-order valence-electron chi connectivity index (χ1n) is 10.1. The van der Waals surface area contributed by atoms with Crippen molar-refractivity contribution >= 4 is 34.3 Å². The van der Waals surface area contributed by atoms with Crippen molar-refractivity contribution in [3.05, 3.63) is 84.7 Å². The molecule has 3 amide bonds. The van der Waals surface area contributed by atoms with Gasteiger partial charge in [0.25, 0.3) is 0 Å². The third-order valence-electron chi connectivity index (χ3n) is 4.80. The highest BCUT2D eigenvalue weighted by Crippen LogP contribution is 2.19. The highest BCUT2D eigenvalue weighted by Gasteiger charge is 2.14. The van der Waals surface area contributed by atoms with Crippen LogP contribution in [0.1, 0.15) is 5.82 Å². The Bertz CT molecular complexity index is 1220. The molecule has 162 valence electrons. The Morgan fingerprint density at radius 3 is 2.25 bits per heavy atom. The molecule has 0 fully saturated rings. The maximum absolute atomic E-state index is 12.8. The van der Waals surface area contributed by atoms with E-state index in [2.05, 4.69) is 20.9 Å². The number of ether oxygens (including phenoxy) is 1. The van der Waals surface area contributed by atoms with Crippen LogP contribution in [0.3, 0.4) is 0 Å². The number of amides is 3. The van der Waals surface area contributed by atoms with Crippen molar-refractivity contribution in [2.24, 2.45) is 0 Å². The molecule has 8 nitrogen and oxygen atoms in total. The Kier molecular flexibility index (Phi) is 6.31. The zero-order valence-electron chi connectivity index (χ0n) is 17.5. The quantitative estimate of drug-likeness (QED) is 0.414. The van der Waals surface area contributed by atoms with E-state index in [1.54, 1.807) is 31.3 Å². The number of hydrogen-bond acceptors (Lipinski definition) is 4. The molecule has 3 N–H and O–H groups in total. The van der Waals surface area contributed by atoms with Crippen molar-refractivity contribution in [3.63, 3.8) is 0 Å². The number of para-hydroxylation sites is 3. The molecule has 4 aromatic rings. The summed E-state index contributed by atoms with van der Waals surface area (Å²) in [5.74, 6) is 1.21. The van der Waals surface area contributed by atoms with Crippen LogP contribution < -0.4 is 20.7 Å². The highest BCUT2D eigenvalue weighted by atomic mass is 16.5. The maximum atomic E-state index is 12.8. The summed E-state index contributed by atoms with van der Waals surface area (Å²) in [6.45, 7) is 0.331. The lowest BCUT2D eigenvalue weighted by Gasteiger charge is -2.11. The first kappa shape index (κ1) is 20.9. The molecule has 0 bridgehead atoms. The van der Waals surface area contributed by atoms with Gasteiger partial charge in [-0.05, 0) is 48.5 Å². The van der Waals surface area contributed by atoms with Gasteiger partial charge in [0.1, 0.15) is 24.7 Å². The van der Waals surface area contributed by atoms with Crippen LogP contribution in [-0.2, 0) is 17.9 Å². The molecule has 1 aromatic heterocycles. The molecule has 0 spiro atoms. The molecule has 0 aliphatic heterocycles. The minimum atomic E-state index is -0.306. The van der Waals surface area contributed by atoms with Crippen molar-refractivity contribution < 1.29 is 14.3 Å². The predicted molar refractivity (Wildman–Crippen MR) is 124 cm³/mol. The van der Waals surface area contributed by atoms with Crippen LogP contribution in [0.5, 0.6) is 5.75 Å². The average molecular weight is 429 g/mol. The van der Waals surface area contributed by atoms with Crippen LogP contribution in [0.25, 0.3) is 11.0 Å². The Morgan fingerprint density at radius 1 is 0.875 bits per heavy atom. The van der Waals surface area contributed by atoms with E-state index in [0.29, 0.717) is 17.2 Å². The number of fused-ring (bicyclic) bond motifs is 1. The summed E-state index contributed by atoms with van der Waals surface area (Å²) in [6.07, 6.45) is 0. The van der Waals surface area contributed by atoms with E-state index in [1.807, 2.05) is 59.2 Å². The Balaban J connectivity index is 1.47. The van der Waals surface area contributed by atoms with Gasteiger partial charge in [-0.1, -0.05) is 30.3 Å². The standard InChI is InChI=1S/C24H23N5O3/c1-25-24(31)27-18-13-11-17(12-14-18)26-23(30)15-29-21-10-6-5-9-20(21)28-22(29)16-32-19-7-3-2-4-8-19/h2-14H,15-16H2,1H3,(H,26,30)(H2,25,27,31). The minimum Gasteiger partial charge on any atom is -0.486 e. The van der Waals surface area contributed by atoms with E-state index in [-0.39, 0.29) is 25.1 Å². The van der Waals surface area contributed by atoms with Crippen molar-refractivity contribution in [2.45, 2.75) is 13.2 Å². The number of carbonyl (C=O) groups is 2. The molecule has 0 aliphatic carbocycles. The Labute approximate surface area is 185 Å². The molecular formula is C24H23N5O3. The summed E-state index contributed by atoms with van der Waals surface area (Å²) in [7, 11) is 1.54. The van der Waals surface area contributed by atoms with Gasteiger partial charge in [-0.15, -0.1) is 0 Å². The lowest BCUT2D eigenvalue weighted by Crippen LogP contribution is -2.24. The zero-order chi connectivity index (χ0) is 22.3. The third-order valence-corrected chi connectivity index (χ3v) is 4.80. The van der Waals surface area contributed by atoms with Gasteiger partial charge in [0.15, 0.2) is 0 Å². The number of rotatable bonds is 7. The lowest BCUT2D eigenvalue weighted by molar-refractivity contribution is -0.116. The smallest absolute Gasteiger partial charge is 0.318 e. The minimum absolute atomic E-state index is 0.0895. The van der Waals surface area contributed by atoms with E-state index in [1.165, 1.54) is 0 Å². The Morgan fingerprint density at radius 2 is 1.53 bits per heavy atom. The molecule has 3 aromatic carbocycles. The molecule has 8 heteroatoms. The molecule has 32 heavy (non-hydrogen) atoms. The fourth-order valence-corrected chi connectivity index (χ4v) is 3.25. The lowest BCUT2D eigenvalue weighted by atomic mass is 10.2. The third kappa shape index (κ3) is 5.04. The van der Waals surface area contributed by atoms with Gasteiger partial charge >= 0.3 is 6.03 Å². The number of imidazole rings is 1. The summed E-state index contributed by atoms with van der Waals surface area (Å²) in [5.41, 5.74) is 2.92. The molecule has 0 saturated heterocycles. The maximum Gasteiger partial charge on any atom is 0.318 e. The van der Waals surface area contributed by atoms with Crippen molar-refractivity contribution in [2.75, 3.05) is 17.7 Å². The molecule has 0 radical (unpaired) electrons. The number of benzene rings is 3. The fourth-order valence-electron chi connectivity index (χ4n) is 3.25. The molecule has 4 rings (SSSR count). The number of urea groups is 1. The van der Waals surface area contributed by atoms with Crippen LogP contribution in [0.15, 0.2) is 78.9 Å². The number of carbonyl (C=O) groups excluding carboxylic acids is 2. The number of anilines is 2. The molecule has 0 saturated carbocycles. The molecular weight excluding hydrogens is 406 g/mol. The summed E-state index contributed by atoms with van der Waals surface area (Å²) in [6, 6.07) is 23.7. The molecule has 0 atom stereocenters. The van der Waals surface area contributed by atoms with Crippen LogP contribution in [0, 0.1) is 0 Å². The summed E-state index contributed by atoms with van der Waals surface area (Å²) < 4.78 is 7.72. The summed E-state index contributed by atoms with van der Waals surface area (Å²) >= 11 is 0. The molecule has 1 heterocycles. The van der Waals surface area contributed by atoms with E-state index in [4.69, 9.17) is 4.74 Å². The average Bonchev–Trinajstić information content (AvgIpc) is 3.16. The summed E-state index contributed by atoms with van der Waals surface area (Å²) in [5, 5.41) is 8.05. The number of nitrogens with one attached hydrogen (secondary N) is 3. The second-order valence-electron chi connectivity index (χ2n) is 7.03. The van der Waals surface area contributed by atoms with Gasteiger partial charge in [0, 0.05) is 18.4 Å². The zero-order valence-corrected chi connectivity index (χ0v) is 17.5. The molecule has 0 unspecified atom stereocenters. The molecule has 0 aliphatic rings. The first-order chi connectivity index (χ1) is 15.6. The Hall–Kier alpha value is -4.33. The largest absolute Gasteiger partial charge is 0.486 e. The monoisotopic (exact) mass is 429 g/mol. The summed E-state index contributed by atoms with van der Waals surface area (Å²) in [4.78, 5) is 28.8. The second kappa shape index (κ2) is 9.65. The van der Waals surface area contributed by atoms with Crippen molar-refractivity contribution in [3.8, 4) is 5.75 Å². The highest BCUT2D eigenvalue weighted by molar-refractivity contribution is 5.93. The number of hydrogen-bond donors (Lipinski definition) is 3. The van der Waals surface area contributed by atoms with Crippen molar-refractivity contribution in [1.29, 1.82) is 0 Å². The predicted octanol–water partition coefficient (Wildman–Crippen LogP) is 4.01. The fraction of sp³-hybridized carbons (Fsp3) is 0.125. The van der Waals surface area contributed by atoms with E-state index >= 15 is 0 Å². The van der Waals surface area contributed by atoms with E-state index < -0.39 is 0 Å².